The predicted octanol–water partition coefficient (Wildman–Crippen LogP) is 6.56. The highest BCUT2D eigenvalue weighted by atomic mass is 14.9. The molecule has 0 unspecified atom stereocenters. The van der Waals surface area contributed by atoms with Crippen LogP contribution in [0.2, 0.25) is 0 Å². The lowest BCUT2D eigenvalue weighted by Crippen LogP contribution is -2.32. The van der Waals surface area contributed by atoms with E-state index in [0.29, 0.717) is 0 Å². The zero-order valence-electron chi connectivity index (χ0n) is 15.4. The summed E-state index contributed by atoms with van der Waals surface area (Å²) in [5.74, 6) is 0. The van der Waals surface area contributed by atoms with Crippen molar-refractivity contribution >= 4 is 0 Å². The van der Waals surface area contributed by atoms with Crippen LogP contribution < -0.4 is 4.57 Å². The Balaban J connectivity index is 1.60. The average molecular weight is 325 g/mol. The molecule has 0 aliphatic rings. The van der Waals surface area contributed by atoms with E-state index in [1.165, 1.54) is 75.3 Å². The topological polar surface area (TPSA) is 3.88 Å². The largest absolute Gasteiger partial charge is 0.205 e. The van der Waals surface area contributed by atoms with Gasteiger partial charge in [0.15, 0.2) is 12.4 Å². The first-order chi connectivity index (χ1) is 11.9. The van der Waals surface area contributed by atoms with Gasteiger partial charge in [0.2, 0.25) is 0 Å². The van der Waals surface area contributed by atoms with Gasteiger partial charge in [-0.25, -0.2) is 4.57 Å². The van der Waals surface area contributed by atoms with Crippen molar-refractivity contribution in [3.63, 3.8) is 0 Å². The summed E-state index contributed by atoms with van der Waals surface area (Å²) in [7, 11) is 0. The minimum atomic E-state index is 1.14. The van der Waals surface area contributed by atoms with Gasteiger partial charge in [0.1, 0.15) is 6.54 Å². The van der Waals surface area contributed by atoms with E-state index in [9.17, 15) is 0 Å². The monoisotopic (exact) mass is 324 g/mol. The number of aromatic nitrogens is 1. The maximum atomic E-state index is 2.34. The smallest absolute Gasteiger partial charge is 0.176 e. The quantitative estimate of drug-likeness (QED) is 0.307. The number of aryl methyl sites for hydroxylation is 1. The lowest BCUT2D eigenvalue weighted by atomic mass is 10.1. The number of hydrogen-bond acceptors (Lipinski definition) is 0. The van der Waals surface area contributed by atoms with Crippen molar-refractivity contribution in [3.05, 3.63) is 54.9 Å². The fraction of sp³-hybridized carbons (Fsp3) is 0.522. The summed E-state index contributed by atoms with van der Waals surface area (Å²) in [6, 6.07) is 15.0. The maximum absolute atomic E-state index is 2.34. The van der Waals surface area contributed by atoms with Crippen LogP contribution in [0.15, 0.2) is 54.9 Å². The van der Waals surface area contributed by atoms with E-state index in [2.05, 4.69) is 66.3 Å². The molecule has 2 aromatic rings. The number of pyridine rings is 1. The highest BCUT2D eigenvalue weighted by Gasteiger charge is 2.04. The fourth-order valence-corrected chi connectivity index (χ4v) is 3.24. The van der Waals surface area contributed by atoms with Gasteiger partial charge in [-0.2, -0.15) is 0 Å². The molecule has 0 fully saturated rings. The van der Waals surface area contributed by atoms with Gasteiger partial charge in [-0.3, -0.25) is 0 Å². The van der Waals surface area contributed by atoms with Crippen LogP contribution in [0, 0.1) is 0 Å². The highest BCUT2D eigenvalue weighted by Crippen LogP contribution is 2.16. The van der Waals surface area contributed by atoms with E-state index < -0.39 is 0 Å². The molecule has 24 heavy (non-hydrogen) atoms. The van der Waals surface area contributed by atoms with Crippen LogP contribution in [0.1, 0.15) is 71.1 Å². The van der Waals surface area contributed by atoms with Crippen molar-refractivity contribution < 1.29 is 4.57 Å². The van der Waals surface area contributed by atoms with Crippen LogP contribution in [0.25, 0.3) is 11.1 Å². The molecule has 1 heterocycles. The molecule has 0 aliphatic carbocycles. The lowest BCUT2D eigenvalue weighted by molar-refractivity contribution is -0.696. The molecule has 1 aromatic carbocycles. The minimum absolute atomic E-state index is 1.14. The lowest BCUT2D eigenvalue weighted by Gasteiger charge is -2.03. The van der Waals surface area contributed by atoms with Crippen LogP contribution in [0.5, 0.6) is 0 Å². The number of unbranched alkanes of at least 4 members (excludes halogenated alkanes) is 9. The van der Waals surface area contributed by atoms with E-state index in [-0.39, 0.29) is 0 Å². The van der Waals surface area contributed by atoms with Crippen molar-refractivity contribution in [3.8, 4) is 11.1 Å². The zero-order valence-corrected chi connectivity index (χ0v) is 15.4. The molecule has 0 bridgehead atoms. The van der Waals surface area contributed by atoms with Crippen molar-refractivity contribution in [1.82, 2.24) is 0 Å². The average Bonchev–Trinajstić information content (AvgIpc) is 2.64. The number of benzene rings is 1. The molecule has 1 heteroatoms. The Morgan fingerprint density at radius 3 is 1.88 bits per heavy atom. The second-order valence-corrected chi connectivity index (χ2v) is 6.88. The Hall–Kier alpha value is -1.63. The normalized spacial score (nSPS) is 10.9. The van der Waals surface area contributed by atoms with Crippen LogP contribution in [0.4, 0.5) is 0 Å². The van der Waals surface area contributed by atoms with E-state index in [1.54, 1.807) is 0 Å². The van der Waals surface area contributed by atoms with Gasteiger partial charge in [-0.15, -0.1) is 0 Å². The first-order valence-electron chi connectivity index (χ1n) is 9.94. The molecule has 0 amide bonds. The van der Waals surface area contributed by atoms with Gasteiger partial charge < -0.3 is 0 Å². The zero-order chi connectivity index (χ0) is 16.9. The molecular weight excluding hydrogens is 290 g/mol. The third kappa shape index (κ3) is 7.29. The Kier molecular flexibility index (Phi) is 9.23. The summed E-state index contributed by atoms with van der Waals surface area (Å²) in [5.41, 5.74) is 2.61. The maximum Gasteiger partial charge on any atom is 0.176 e. The number of nitrogens with zero attached hydrogens (tertiary/aromatic N) is 1. The third-order valence-electron chi connectivity index (χ3n) is 4.74. The Bertz CT molecular complexity index is 547. The first kappa shape index (κ1) is 18.7. The third-order valence-corrected chi connectivity index (χ3v) is 4.74. The Labute approximate surface area is 148 Å². The molecule has 0 saturated carbocycles. The standard InChI is InChI=1S/C23H34N/c1-2-3-4-5-6-7-8-9-10-14-19-24-20-15-18-23(21-24)22-16-12-11-13-17-22/h11-13,15-18,20-21H,2-10,14,19H2,1H3/q+1. The molecule has 0 saturated heterocycles. The van der Waals surface area contributed by atoms with E-state index in [4.69, 9.17) is 0 Å². The van der Waals surface area contributed by atoms with Gasteiger partial charge in [0, 0.05) is 18.1 Å². The molecule has 0 atom stereocenters. The van der Waals surface area contributed by atoms with Crippen molar-refractivity contribution in [2.45, 2.75) is 77.7 Å². The Morgan fingerprint density at radius 2 is 1.21 bits per heavy atom. The molecule has 130 valence electrons. The minimum Gasteiger partial charge on any atom is -0.205 e. The Morgan fingerprint density at radius 1 is 0.625 bits per heavy atom. The van der Waals surface area contributed by atoms with Gasteiger partial charge in [-0.1, -0.05) is 88.6 Å². The molecular formula is C23H34N+. The summed E-state index contributed by atoms with van der Waals surface area (Å²) in [5, 5.41) is 0. The summed E-state index contributed by atoms with van der Waals surface area (Å²) in [4.78, 5) is 0. The van der Waals surface area contributed by atoms with Crippen LogP contribution in [-0.2, 0) is 6.54 Å². The van der Waals surface area contributed by atoms with Gasteiger partial charge in [-0.05, 0) is 18.1 Å². The summed E-state index contributed by atoms with van der Waals surface area (Å²) >= 11 is 0. The predicted molar refractivity (Wildman–Crippen MR) is 104 cm³/mol. The fourth-order valence-electron chi connectivity index (χ4n) is 3.24. The van der Waals surface area contributed by atoms with Crippen LogP contribution in [-0.4, -0.2) is 0 Å². The first-order valence-corrected chi connectivity index (χ1v) is 9.94. The van der Waals surface area contributed by atoms with Crippen molar-refractivity contribution in [2.24, 2.45) is 0 Å². The SMILES string of the molecule is CCCCCCCCCCCC[n+]1cccc(-c2ccccc2)c1. The summed E-state index contributed by atoms with van der Waals surface area (Å²) in [6.07, 6.45) is 18.4. The number of rotatable bonds is 12. The summed E-state index contributed by atoms with van der Waals surface area (Å²) < 4.78 is 2.34. The van der Waals surface area contributed by atoms with E-state index >= 15 is 0 Å². The molecule has 1 nitrogen and oxygen atoms in total. The van der Waals surface area contributed by atoms with Crippen molar-refractivity contribution in [1.29, 1.82) is 0 Å². The highest BCUT2D eigenvalue weighted by molar-refractivity contribution is 5.61. The second-order valence-electron chi connectivity index (χ2n) is 6.88. The molecule has 0 spiro atoms. The van der Waals surface area contributed by atoms with Crippen molar-refractivity contribution in [2.75, 3.05) is 0 Å². The molecule has 0 N–H and O–H groups in total. The summed E-state index contributed by atoms with van der Waals surface area (Å²) in [6.45, 7) is 3.42. The van der Waals surface area contributed by atoms with Crippen LogP contribution in [0.3, 0.4) is 0 Å². The molecule has 0 aliphatic heterocycles. The number of hydrogen-bond donors (Lipinski definition) is 0. The molecule has 1 aromatic heterocycles. The second kappa shape index (κ2) is 11.8. The van der Waals surface area contributed by atoms with E-state index in [0.717, 1.165) is 6.54 Å². The van der Waals surface area contributed by atoms with Gasteiger partial charge in [0.25, 0.3) is 0 Å². The molecule has 2 rings (SSSR count). The van der Waals surface area contributed by atoms with E-state index in [1.807, 2.05) is 0 Å². The van der Waals surface area contributed by atoms with Crippen LogP contribution >= 0.6 is 0 Å². The van der Waals surface area contributed by atoms with Gasteiger partial charge >= 0.3 is 0 Å². The van der Waals surface area contributed by atoms with Gasteiger partial charge in [0.05, 0.1) is 0 Å². The molecule has 0 radical (unpaired) electrons.